The van der Waals surface area contributed by atoms with Crippen LogP contribution in [0.4, 0.5) is 0 Å². The minimum atomic E-state index is 0.184. The minimum absolute atomic E-state index is 0.184. The van der Waals surface area contributed by atoms with Crippen LogP contribution in [0, 0.1) is 6.92 Å². The molecular formula is C12H20N2. The molecule has 2 heteroatoms. The standard InChI is InChI=1S/C12H20N2/c1-10-5-3-6-11(9-10)12(13)7-4-8-14-2/h3,5-6,9,12,14H,4,7-8,13H2,1-2H3. The molecule has 1 unspecified atom stereocenters. The number of nitrogens with two attached hydrogens (primary N) is 1. The highest BCUT2D eigenvalue weighted by molar-refractivity contribution is 5.24. The van der Waals surface area contributed by atoms with E-state index in [1.54, 1.807) is 0 Å². The molecule has 14 heavy (non-hydrogen) atoms. The molecule has 0 radical (unpaired) electrons. The number of hydrogen-bond donors (Lipinski definition) is 2. The number of hydrogen-bond acceptors (Lipinski definition) is 2. The van der Waals surface area contributed by atoms with Crippen molar-refractivity contribution in [2.45, 2.75) is 25.8 Å². The Morgan fingerprint density at radius 3 is 2.86 bits per heavy atom. The van der Waals surface area contributed by atoms with E-state index in [9.17, 15) is 0 Å². The van der Waals surface area contributed by atoms with Crippen molar-refractivity contribution in [1.29, 1.82) is 0 Å². The van der Waals surface area contributed by atoms with Crippen LogP contribution in [0.5, 0.6) is 0 Å². The predicted octanol–water partition coefficient (Wildman–Crippen LogP) is 1.99. The summed E-state index contributed by atoms with van der Waals surface area (Å²) in [6.07, 6.45) is 2.18. The van der Waals surface area contributed by atoms with E-state index in [4.69, 9.17) is 5.73 Å². The van der Waals surface area contributed by atoms with Crippen molar-refractivity contribution >= 4 is 0 Å². The quantitative estimate of drug-likeness (QED) is 0.700. The van der Waals surface area contributed by atoms with Crippen LogP contribution in [-0.2, 0) is 0 Å². The van der Waals surface area contributed by atoms with E-state index < -0.39 is 0 Å². The summed E-state index contributed by atoms with van der Waals surface area (Å²) in [6.45, 7) is 3.14. The van der Waals surface area contributed by atoms with Gasteiger partial charge in [0.05, 0.1) is 0 Å². The topological polar surface area (TPSA) is 38.0 Å². The Morgan fingerprint density at radius 2 is 2.21 bits per heavy atom. The maximum atomic E-state index is 6.08. The zero-order chi connectivity index (χ0) is 10.4. The Morgan fingerprint density at radius 1 is 1.43 bits per heavy atom. The normalized spacial score (nSPS) is 12.8. The van der Waals surface area contributed by atoms with Crippen molar-refractivity contribution in [3.63, 3.8) is 0 Å². The first kappa shape index (κ1) is 11.2. The maximum Gasteiger partial charge on any atom is 0.0295 e. The molecule has 0 saturated carbocycles. The van der Waals surface area contributed by atoms with E-state index in [1.165, 1.54) is 11.1 Å². The van der Waals surface area contributed by atoms with Crippen molar-refractivity contribution in [3.05, 3.63) is 35.4 Å². The van der Waals surface area contributed by atoms with E-state index in [0.717, 1.165) is 19.4 Å². The van der Waals surface area contributed by atoms with Crippen LogP contribution in [-0.4, -0.2) is 13.6 Å². The maximum absolute atomic E-state index is 6.08. The highest BCUT2D eigenvalue weighted by atomic mass is 14.8. The summed E-state index contributed by atoms with van der Waals surface area (Å²) in [5.41, 5.74) is 8.61. The van der Waals surface area contributed by atoms with Gasteiger partial charge >= 0.3 is 0 Å². The van der Waals surface area contributed by atoms with Crippen LogP contribution in [0.2, 0.25) is 0 Å². The van der Waals surface area contributed by atoms with Gasteiger partial charge in [-0.1, -0.05) is 29.8 Å². The summed E-state index contributed by atoms with van der Waals surface area (Å²) in [5, 5.41) is 3.13. The van der Waals surface area contributed by atoms with Gasteiger partial charge in [-0.2, -0.15) is 0 Å². The molecule has 0 aliphatic carbocycles. The predicted molar refractivity (Wildman–Crippen MR) is 61.3 cm³/mol. The molecule has 0 amide bonds. The second-order valence-electron chi connectivity index (χ2n) is 3.77. The zero-order valence-electron chi connectivity index (χ0n) is 9.09. The lowest BCUT2D eigenvalue weighted by Crippen LogP contribution is -2.14. The van der Waals surface area contributed by atoms with E-state index in [2.05, 4.69) is 36.5 Å². The van der Waals surface area contributed by atoms with E-state index in [-0.39, 0.29) is 6.04 Å². The van der Waals surface area contributed by atoms with Gasteiger partial charge in [-0.05, 0) is 38.9 Å². The van der Waals surface area contributed by atoms with Gasteiger partial charge in [-0.3, -0.25) is 0 Å². The highest BCUT2D eigenvalue weighted by Crippen LogP contribution is 2.16. The first-order chi connectivity index (χ1) is 6.74. The molecule has 3 N–H and O–H groups in total. The van der Waals surface area contributed by atoms with Gasteiger partial charge in [0.1, 0.15) is 0 Å². The van der Waals surface area contributed by atoms with E-state index in [1.807, 2.05) is 7.05 Å². The highest BCUT2D eigenvalue weighted by Gasteiger charge is 2.04. The summed E-state index contributed by atoms with van der Waals surface area (Å²) in [4.78, 5) is 0. The molecular weight excluding hydrogens is 172 g/mol. The molecule has 0 bridgehead atoms. The van der Waals surface area contributed by atoms with Crippen LogP contribution in [0.3, 0.4) is 0 Å². The lowest BCUT2D eigenvalue weighted by molar-refractivity contribution is 0.590. The molecule has 0 aliphatic rings. The fourth-order valence-corrected chi connectivity index (χ4v) is 1.57. The minimum Gasteiger partial charge on any atom is -0.324 e. The van der Waals surface area contributed by atoms with Crippen LogP contribution < -0.4 is 11.1 Å². The largest absolute Gasteiger partial charge is 0.324 e. The van der Waals surface area contributed by atoms with Gasteiger partial charge in [0, 0.05) is 6.04 Å². The molecule has 1 aromatic carbocycles. The summed E-state index contributed by atoms with van der Waals surface area (Å²) in [7, 11) is 1.97. The number of benzene rings is 1. The SMILES string of the molecule is CNCCCC(N)c1cccc(C)c1. The van der Waals surface area contributed by atoms with Crippen molar-refractivity contribution in [2.24, 2.45) is 5.73 Å². The summed E-state index contributed by atoms with van der Waals surface area (Å²) >= 11 is 0. The third-order valence-electron chi connectivity index (χ3n) is 2.41. The van der Waals surface area contributed by atoms with Crippen LogP contribution in [0.1, 0.15) is 30.0 Å². The fraction of sp³-hybridized carbons (Fsp3) is 0.500. The third-order valence-corrected chi connectivity index (χ3v) is 2.41. The van der Waals surface area contributed by atoms with Crippen LogP contribution >= 0.6 is 0 Å². The van der Waals surface area contributed by atoms with Crippen LogP contribution in [0.25, 0.3) is 0 Å². The van der Waals surface area contributed by atoms with E-state index in [0.29, 0.717) is 0 Å². The monoisotopic (exact) mass is 192 g/mol. The van der Waals surface area contributed by atoms with Gasteiger partial charge < -0.3 is 11.1 Å². The molecule has 1 atom stereocenters. The summed E-state index contributed by atoms with van der Waals surface area (Å²) in [5.74, 6) is 0. The second-order valence-corrected chi connectivity index (χ2v) is 3.77. The first-order valence-electron chi connectivity index (χ1n) is 5.21. The average Bonchev–Trinajstić information content (AvgIpc) is 2.18. The van der Waals surface area contributed by atoms with Crippen molar-refractivity contribution in [2.75, 3.05) is 13.6 Å². The zero-order valence-corrected chi connectivity index (χ0v) is 9.09. The van der Waals surface area contributed by atoms with E-state index >= 15 is 0 Å². The molecule has 0 heterocycles. The lowest BCUT2D eigenvalue weighted by Gasteiger charge is -2.12. The second kappa shape index (κ2) is 5.78. The van der Waals surface area contributed by atoms with Gasteiger partial charge in [-0.15, -0.1) is 0 Å². The molecule has 0 spiro atoms. The summed E-state index contributed by atoms with van der Waals surface area (Å²) < 4.78 is 0. The lowest BCUT2D eigenvalue weighted by atomic mass is 10.0. The van der Waals surface area contributed by atoms with Crippen molar-refractivity contribution in [1.82, 2.24) is 5.32 Å². The number of nitrogens with one attached hydrogen (secondary N) is 1. The van der Waals surface area contributed by atoms with Gasteiger partial charge in [0.15, 0.2) is 0 Å². The molecule has 1 aromatic rings. The Bertz CT molecular complexity index is 271. The third kappa shape index (κ3) is 3.48. The molecule has 0 aliphatic heterocycles. The van der Waals surface area contributed by atoms with Gasteiger partial charge in [0.2, 0.25) is 0 Å². The van der Waals surface area contributed by atoms with Gasteiger partial charge in [0.25, 0.3) is 0 Å². The molecule has 0 saturated heterocycles. The smallest absolute Gasteiger partial charge is 0.0295 e. The van der Waals surface area contributed by atoms with Crippen LogP contribution in [0.15, 0.2) is 24.3 Å². The average molecular weight is 192 g/mol. The number of aryl methyl sites for hydroxylation is 1. The van der Waals surface area contributed by atoms with Gasteiger partial charge in [-0.25, -0.2) is 0 Å². The Kier molecular flexibility index (Phi) is 4.63. The first-order valence-corrected chi connectivity index (χ1v) is 5.21. The molecule has 78 valence electrons. The fourth-order valence-electron chi connectivity index (χ4n) is 1.57. The Hall–Kier alpha value is -0.860. The van der Waals surface area contributed by atoms with Crippen molar-refractivity contribution in [3.8, 4) is 0 Å². The molecule has 0 fully saturated rings. The Balaban J connectivity index is 2.47. The number of rotatable bonds is 5. The molecule has 1 rings (SSSR count). The molecule has 2 nitrogen and oxygen atoms in total. The van der Waals surface area contributed by atoms with Crippen molar-refractivity contribution < 1.29 is 0 Å². The molecule has 0 aromatic heterocycles. The summed E-state index contributed by atoms with van der Waals surface area (Å²) in [6, 6.07) is 8.64. The Labute approximate surface area is 86.5 Å².